The minimum absolute atomic E-state index is 0.102. The number of carbonyl (C=O) groups excluding carboxylic acids is 1. The Morgan fingerprint density at radius 1 is 1.07 bits per heavy atom. The zero-order valence-corrected chi connectivity index (χ0v) is 17.4. The van der Waals surface area contributed by atoms with Gasteiger partial charge < -0.3 is 9.64 Å². The van der Waals surface area contributed by atoms with E-state index in [-0.39, 0.29) is 5.91 Å². The van der Waals surface area contributed by atoms with Crippen LogP contribution in [0.15, 0.2) is 48.8 Å². The summed E-state index contributed by atoms with van der Waals surface area (Å²) in [6, 6.07) is 12.4. The quantitative estimate of drug-likeness (QED) is 0.742. The van der Waals surface area contributed by atoms with Crippen LogP contribution >= 0.6 is 11.6 Å². The number of hydrogen-bond donors (Lipinski definition) is 0. The van der Waals surface area contributed by atoms with Crippen LogP contribution in [0.1, 0.15) is 41.6 Å². The zero-order chi connectivity index (χ0) is 20.1. The zero-order valence-electron chi connectivity index (χ0n) is 16.7. The van der Waals surface area contributed by atoms with Gasteiger partial charge in [0.05, 0.1) is 0 Å². The third-order valence-electron chi connectivity index (χ3n) is 6.06. The lowest BCUT2D eigenvalue weighted by Crippen LogP contribution is -2.51. The number of ether oxygens (including phenoxy) is 1. The van der Waals surface area contributed by atoms with Crippen molar-refractivity contribution in [3.8, 4) is 0 Å². The highest BCUT2D eigenvalue weighted by Gasteiger charge is 2.32. The molecule has 0 bridgehead atoms. The molecule has 0 radical (unpaired) electrons. The number of rotatable bonds is 5. The molecule has 3 heterocycles. The number of carbonyl (C=O) groups is 1. The van der Waals surface area contributed by atoms with Crippen LogP contribution in [-0.4, -0.2) is 59.1 Å². The van der Waals surface area contributed by atoms with Crippen LogP contribution in [-0.2, 0) is 11.3 Å². The molecule has 1 amide bonds. The monoisotopic (exact) mass is 413 g/mol. The molecule has 2 aromatic rings. The largest absolute Gasteiger partial charge is 0.381 e. The van der Waals surface area contributed by atoms with Crippen LogP contribution in [0.5, 0.6) is 0 Å². The van der Waals surface area contributed by atoms with Gasteiger partial charge in [-0.2, -0.15) is 0 Å². The standard InChI is InChI=1S/C23H28ClN3O2/c24-20-5-3-19(4-6-20)23(28)26-12-7-21(8-13-26)27(22-9-14-29-15-10-22)17-18-2-1-11-25-16-18/h1-6,11,16,21-22H,7-10,12-15,17H2. The molecule has 5 nitrogen and oxygen atoms in total. The molecule has 0 saturated carbocycles. The Balaban J connectivity index is 1.41. The van der Waals surface area contributed by atoms with Crippen molar-refractivity contribution < 1.29 is 9.53 Å². The van der Waals surface area contributed by atoms with Crippen LogP contribution in [0, 0.1) is 0 Å². The van der Waals surface area contributed by atoms with Crippen molar-refractivity contribution in [1.82, 2.24) is 14.8 Å². The second-order valence-electron chi connectivity index (χ2n) is 7.91. The van der Waals surface area contributed by atoms with Crippen molar-refractivity contribution in [1.29, 1.82) is 0 Å². The van der Waals surface area contributed by atoms with Crippen LogP contribution in [0.3, 0.4) is 0 Å². The molecule has 0 unspecified atom stereocenters. The van der Waals surface area contributed by atoms with E-state index in [1.54, 1.807) is 12.1 Å². The molecule has 6 heteroatoms. The fraction of sp³-hybridized carbons (Fsp3) is 0.478. The number of amides is 1. The number of nitrogens with zero attached hydrogens (tertiary/aromatic N) is 3. The number of benzene rings is 1. The first-order valence-electron chi connectivity index (χ1n) is 10.5. The van der Waals surface area contributed by atoms with Crippen molar-refractivity contribution in [3.05, 3.63) is 64.9 Å². The molecule has 0 atom stereocenters. The van der Waals surface area contributed by atoms with Gasteiger partial charge in [-0.15, -0.1) is 0 Å². The van der Waals surface area contributed by atoms with Gasteiger partial charge in [0.1, 0.15) is 0 Å². The van der Waals surface area contributed by atoms with E-state index in [9.17, 15) is 4.79 Å². The molecular weight excluding hydrogens is 386 g/mol. The highest BCUT2D eigenvalue weighted by Crippen LogP contribution is 2.26. The molecule has 2 saturated heterocycles. The van der Waals surface area contributed by atoms with Crippen LogP contribution in [0.25, 0.3) is 0 Å². The van der Waals surface area contributed by atoms with Crippen molar-refractivity contribution in [2.45, 2.75) is 44.3 Å². The minimum Gasteiger partial charge on any atom is -0.381 e. The van der Waals surface area contributed by atoms with E-state index < -0.39 is 0 Å². The summed E-state index contributed by atoms with van der Waals surface area (Å²) in [6.45, 7) is 4.16. The van der Waals surface area contributed by atoms with E-state index in [0.29, 0.717) is 22.7 Å². The van der Waals surface area contributed by atoms with Crippen molar-refractivity contribution in [2.75, 3.05) is 26.3 Å². The van der Waals surface area contributed by atoms with Crippen molar-refractivity contribution in [2.24, 2.45) is 0 Å². The Labute approximate surface area is 177 Å². The van der Waals surface area contributed by atoms with E-state index >= 15 is 0 Å². The lowest BCUT2D eigenvalue weighted by Gasteiger charge is -2.43. The van der Waals surface area contributed by atoms with Crippen LogP contribution in [0.2, 0.25) is 5.02 Å². The first-order chi connectivity index (χ1) is 14.2. The van der Waals surface area contributed by atoms with Gasteiger partial charge in [-0.25, -0.2) is 0 Å². The average molecular weight is 414 g/mol. The topological polar surface area (TPSA) is 45.7 Å². The second-order valence-corrected chi connectivity index (χ2v) is 8.34. The molecule has 0 spiro atoms. The number of aromatic nitrogens is 1. The molecule has 154 valence electrons. The summed E-state index contributed by atoms with van der Waals surface area (Å²) < 4.78 is 5.59. The number of piperidine rings is 1. The summed E-state index contributed by atoms with van der Waals surface area (Å²) in [5.41, 5.74) is 1.96. The Bertz CT molecular complexity index is 786. The Kier molecular flexibility index (Phi) is 6.80. The minimum atomic E-state index is 0.102. The number of halogens is 1. The van der Waals surface area contributed by atoms with Crippen LogP contribution in [0.4, 0.5) is 0 Å². The fourth-order valence-corrected chi connectivity index (χ4v) is 4.58. The lowest BCUT2D eigenvalue weighted by atomic mass is 9.96. The maximum absolute atomic E-state index is 12.8. The summed E-state index contributed by atoms with van der Waals surface area (Å²) in [5.74, 6) is 0.102. The first kappa shape index (κ1) is 20.3. The molecule has 1 aromatic carbocycles. The molecule has 2 fully saturated rings. The number of pyridine rings is 1. The van der Waals surface area contributed by atoms with Gasteiger partial charge in [0.2, 0.25) is 0 Å². The smallest absolute Gasteiger partial charge is 0.253 e. The van der Waals surface area contributed by atoms with Gasteiger partial charge in [0, 0.05) is 67.9 Å². The molecule has 0 N–H and O–H groups in total. The van der Waals surface area contributed by atoms with Gasteiger partial charge in [-0.05, 0) is 61.6 Å². The van der Waals surface area contributed by atoms with Gasteiger partial charge >= 0.3 is 0 Å². The van der Waals surface area contributed by atoms with Crippen LogP contribution < -0.4 is 0 Å². The third kappa shape index (κ3) is 5.16. The summed E-state index contributed by atoms with van der Waals surface area (Å²) in [7, 11) is 0. The van der Waals surface area contributed by atoms with Crippen molar-refractivity contribution in [3.63, 3.8) is 0 Å². The van der Waals surface area contributed by atoms with Crippen molar-refractivity contribution >= 4 is 17.5 Å². The highest BCUT2D eigenvalue weighted by atomic mass is 35.5. The molecular formula is C23H28ClN3O2. The fourth-order valence-electron chi connectivity index (χ4n) is 4.45. The summed E-state index contributed by atoms with van der Waals surface area (Å²) in [6.07, 6.45) is 7.93. The lowest BCUT2D eigenvalue weighted by molar-refractivity contribution is -0.00152. The molecule has 4 rings (SSSR count). The Hall–Kier alpha value is -1.95. The molecule has 2 aliphatic rings. The van der Waals surface area contributed by atoms with Gasteiger partial charge in [-0.3, -0.25) is 14.7 Å². The van der Waals surface area contributed by atoms with E-state index in [1.807, 2.05) is 35.5 Å². The number of likely N-dealkylation sites (tertiary alicyclic amines) is 1. The Morgan fingerprint density at radius 3 is 2.41 bits per heavy atom. The van der Waals surface area contributed by atoms with E-state index in [4.69, 9.17) is 16.3 Å². The summed E-state index contributed by atoms with van der Waals surface area (Å²) >= 11 is 5.95. The predicted octanol–water partition coefficient (Wildman–Crippen LogP) is 4.02. The maximum Gasteiger partial charge on any atom is 0.253 e. The van der Waals surface area contributed by atoms with Gasteiger partial charge in [0.15, 0.2) is 0 Å². The second kappa shape index (κ2) is 9.70. The molecule has 0 aliphatic carbocycles. The van der Waals surface area contributed by atoms with Gasteiger partial charge in [0.25, 0.3) is 5.91 Å². The van der Waals surface area contributed by atoms with E-state index in [0.717, 1.165) is 58.5 Å². The average Bonchev–Trinajstić information content (AvgIpc) is 2.79. The summed E-state index contributed by atoms with van der Waals surface area (Å²) in [4.78, 5) is 21.7. The van der Waals surface area contributed by atoms with E-state index in [1.165, 1.54) is 5.56 Å². The Morgan fingerprint density at radius 2 is 1.76 bits per heavy atom. The normalized spacial score (nSPS) is 18.9. The van der Waals surface area contributed by atoms with E-state index in [2.05, 4.69) is 16.0 Å². The van der Waals surface area contributed by atoms with Gasteiger partial charge in [-0.1, -0.05) is 17.7 Å². The molecule has 1 aromatic heterocycles. The maximum atomic E-state index is 12.8. The highest BCUT2D eigenvalue weighted by molar-refractivity contribution is 6.30. The number of hydrogen-bond acceptors (Lipinski definition) is 4. The molecule has 29 heavy (non-hydrogen) atoms. The molecule has 2 aliphatic heterocycles. The SMILES string of the molecule is O=C(c1ccc(Cl)cc1)N1CCC(N(Cc2cccnc2)C2CCOCC2)CC1. The predicted molar refractivity (Wildman–Crippen MR) is 114 cm³/mol. The first-order valence-corrected chi connectivity index (χ1v) is 10.9. The third-order valence-corrected chi connectivity index (χ3v) is 6.31. The summed E-state index contributed by atoms with van der Waals surface area (Å²) in [5, 5.41) is 0.655.